The molecular formula is C16H20ClFN4O. The molecule has 23 heavy (non-hydrogen) atoms. The molecule has 1 aromatic heterocycles. The molecule has 3 rings (SSSR count). The number of halogens is 2. The van der Waals surface area contributed by atoms with Gasteiger partial charge in [-0.2, -0.15) is 5.10 Å². The number of hydrogen-bond acceptors (Lipinski definition) is 3. The number of fused-ring (bicyclic) bond motifs is 1. The van der Waals surface area contributed by atoms with E-state index in [1.807, 2.05) is 13.1 Å². The van der Waals surface area contributed by atoms with Crippen LogP contribution in [0.5, 0.6) is 0 Å². The Morgan fingerprint density at radius 1 is 1.43 bits per heavy atom. The molecule has 0 amide bonds. The summed E-state index contributed by atoms with van der Waals surface area (Å²) in [6.45, 7) is 1.32. The second-order valence-corrected chi connectivity index (χ2v) is 6.53. The van der Waals surface area contributed by atoms with Crippen molar-refractivity contribution in [2.24, 2.45) is 7.05 Å². The van der Waals surface area contributed by atoms with E-state index in [1.54, 1.807) is 17.7 Å². The molecule has 2 heterocycles. The van der Waals surface area contributed by atoms with Crippen molar-refractivity contribution < 1.29 is 4.39 Å². The fraction of sp³-hybridized carbons (Fsp3) is 0.500. The van der Waals surface area contributed by atoms with E-state index in [0.717, 1.165) is 30.7 Å². The van der Waals surface area contributed by atoms with Crippen molar-refractivity contribution in [2.45, 2.75) is 38.4 Å². The van der Waals surface area contributed by atoms with Crippen LogP contribution in [0, 0.1) is 5.82 Å². The minimum atomic E-state index is -0.387. The van der Waals surface area contributed by atoms with Crippen molar-refractivity contribution in [3.63, 3.8) is 0 Å². The van der Waals surface area contributed by atoms with Crippen molar-refractivity contribution in [1.29, 1.82) is 0 Å². The van der Waals surface area contributed by atoms with E-state index in [0.29, 0.717) is 19.1 Å². The smallest absolute Gasteiger partial charge is 0.299 e. The predicted octanol–water partition coefficient (Wildman–Crippen LogP) is 2.21. The van der Waals surface area contributed by atoms with Gasteiger partial charge >= 0.3 is 5.69 Å². The van der Waals surface area contributed by atoms with E-state index in [1.165, 1.54) is 10.7 Å². The maximum Gasteiger partial charge on any atom is 0.345 e. The van der Waals surface area contributed by atoms with Crippen molar-refractivity contribution in [3.8, 4) is 0 Å². The number of hydrogen-bond donors (Lipinski definition) is 0. The lowest BCUT2D eigenvalue weighted by molar-refractivity contribution is 0.210. The maximum absolute atomic E-state index is 13.6. The Kier molecular flexibility index (Phi) is 4.55. The van der Waals surface area contributed by atoms with Gasteiger partial charge in [-0.25, -0.2) is 13.9 Å². The Balaban J connectivity index is 1.68. The molecule has 1 atom stereocenters. The molecule has 1 aliphatic rings. The fourth-order valence-corrected chi connectivity index (χ4v) is 3.30. The first kappa shape index (κ1) is 16.2. The van der Waals surface area contributed by atoms with Gasteiger partial charge < -0.3 is 0 Å². The highest BCUT2D eigenvalue weighted by Gasteiger charge is 2.22. The van der Waals surface area contributed by atoms with Crippen LogP contribution in [0.3, 0.4) is 0 Å². The summed E-state index contributed by atoms with van der Waals surface area (Å²) in [5, 5.41) is 4.44. The van der Waals surface area contributed by atoms with Gasteiger partial charge in [-0.1, -0.05) is 17.7 Å². The summed E-state index contributed by atoms with van der Waals surface area (Å²) in [5.41, 5.74) is 0.843. The molecule has 0 N–H and O–H groups in total. The first-order valence-corrected chi connectivity index (χ1v) is 8.10. The lowest BCUT2D eigenvalue weighted by Crippen LogP contribution is -2.32. The Bertz CT molecular complexity index is 770. The largest absolute Gasteiger partial charge is 0.345 e. The first-order valence-electron chi connectivity index (χ1n) is 7.72. The van der Waals surface area contributed by atoms with E-state index in [2.05, 4.69) is 10.00 Å². The topological polar surface area (TPSA) is 43.1 Å². The predicted molar refractivity (Wildman–Crippen MR) is 87.1 cm³/mol. The fourth-order valence-electron chi connectivity index (χ4n) is 3.18. The second kappa shape index (κ2) is 6.45. The van der Waals surface area contributed by atoms with Gasteiger partial charge in [0.05, 0.1) is 5.02 Å². The average Bonchev–Trinajstić information content (AvgIpc) is 2.68. The average molecular weight is 339 g/mol. The Labute approximate surface area is 139 Å². The van der Waals surface area contributed by atoms with Crippen LogP contribution in [-0.4, -0.2) is 32.3 Å². The van der Waals surface area contributed by atoms with Gasteiger partial charge in [0, 0.05) is 32.6 Å². The van der Waals surface area contributed by atoms with Gasteiger partial charge in [0.25, 0.3) is 0 Å². The van der Waals surface area contributed by atoms with Crippen LogP contribution in [0.25, 0.3) is 0 Å². The molecule has 1 unspecified atom stereocenters. The molecular weight excluding hydrogens is 319 g/mol. The number of nitrogens with zero attached hydrogens (tertiary/aromatic N) is 4. The van der Waals surface area contributed by atoms with Crippen LogP contribution < -0.4 is 5.69 Å². The monoisotopic (exact) mass is 338 g/mol. The SMILES string of the molecule is CN(Cc1ccc(Cl)c(F)c1)C1CCc2nn(C)c(=O)n2CC1. The van der Waals surface area contributed by atoms with E-state index in [9.17, 15) is 9.18 Å². The normalized spacial score (nSPS) is 18.0. The summed E-state index contributed by atoms with van der Waals surface area (Å²) in [6.07, 6.45) is 2.59. The summed E-state index contributed by atoms with van der Waals surface area (Å²) in [6, 6.07) is 5.25. The third-order valence-electron chi connectivity index (χ3n) is 4.51. The Morgan fingerprint density at radius 3 is 2.96 bits per heavy atom. The third kappa shape index (κ3) is 3.33. The molecule has 1 aliphatic heterocycles. The van der Waals surface area contributed by atoms with Gasteiger partial charge in [0.15, 0.2) is 0 Å². The van der Waals surface area contributed by atoms with Gasteiger partial charge in [-0.15, -0.1) is 0 Å². The minimum absolute atomic E-state index is 0.0527. The lowest BCUT2D eigenvalue weighted by atomic mass is 10.1. The number of aromatic nitrogens is 3. The van der Waals surface area contributed by atoms with Crippen LogP contribution in [0.1, 0.15) is 24.2 Å². The van der Waals surface area contributed by atoms with Crippen LogP contribution in [-0.2, 0) is 26.6 Å². The van der Waals surface area contributed by atoms with E-state index >= 15 is 0 Å². The number of aryl methyl sites for hydroxylation is 2. The van der Waals surface area contributed by atoms with Gasteiger partial charge in [-0.3, -0.25) is 9.47 Å². The van der Waals surface area contributed by atoms with Gasteiger partial charge in [0.1, 0.15) is 11.6 Å². The molecule has 0 radical (unpaired) electrons. The lowest BCUT2D eigenvalue weighted by Gasteiger charge is -2.27. The molecule has 1 aromatic carbocycles. The second-order valence-electron chi connectivity index (χ2n) is 6.12. The molecule has 0 saturated carbocycles. The zero-order valence-corrected chi connectivity index (χ0v) is 14.1. The van der Waals surface area contributed by atoms with Crippen molar-refractivity contribution >= 4 is 11.6 Å². The Hall–Kier alpha value is -1.66. The first-order chi connectivity index (χ1) is 11.0. The third-order valence-corrected chi connectivity index (χ3v) is 4.82. The van der Waals surface area contributed by atoms with Crippen LogP contribution in [0.2, 0.25) is 5.02 Å². The molecule has 0 saturated heterocycles. The number of benzene rings is 1. The molecule has 0 spiro atoms. The van der Waals surface area contributed by atoms with Crippen LogP contribution in [0.4, 0.5) is 4.39 Å². The Morgan fingerprint density at radius 2 is 2.22 bits per heavy atom. The maximum atomic E-state index is 13.6. The van der Waals surface area contributed by atoms with E-state index < -0.39 is 0 Å². The van der Waals surface area contributed by atoms with Gasteiger partial charge in [-0.05, 0) is 37.6 Å². The highest BCUT2D eigenvalue weighted by molar-refractivity contribution is 6.30. The molecule has 0 aliphatic carbocycles. The number of rotatable bonds is 3. The zero-order valence-electron chi connectivity index (χ0n) is 13.3. The molecule has 7 heteroatoms. The molecule has 5 nitrogen and oxygen atoms in total. The highest BCUT2D eigenvalue weighted by atomic mass is 35.5. The molecule has 2 aromatic rings. The summed E-state index contributed by atoms with van der Waals surface area (Å²) in [4.78, 5) is 14.2. The summed E-state index contributed by atoms with van der Waals surface area (Å²) in [5.74, 6) is 0.466. The summed E-state index contributed by atoms with van der Waals surface area (Å²) < 4.78 is 16.7. The quantitative estimate of drug-likeness (QED) is 0.861. The van der Waals surface area contributed by atoms with Crippen LogP contribution in [0.15, 0.2) is 23.0 Å². The zero-order chi connectivity index (χ0) is 16.6. The minimum Gasteiger partial charge on any atom is -0.299 e. The standard InChI is InChI=1S/C16H20ClFN4O/c1-20(10-11-3-5-13(17)14(18)9-11)12-4-6-15-19-21(2)16(23)22(15)8-7-12/h3,5,9,12H,4,6-8,10H2,1-2H3. The molecule has 0 bridgehead atoms. The molecule has 124 valence electrons. The van der Waals surface area contributed by atoms with Crippen molar-refractivity contribution in [2.75, 3.05) is 7.05 Å². The highest BCUT2D eigenvalue weighted by Crippen LogP contribution is 2.20. The summed E-state index contributed by atoms with van der Waals surface area (Å²) >= 11 is 5.72. The summed E-state index contributed by atoms with van der Waals surface area (Å²) in [7, 11) is 3.71. The van der Waals surface area contributed by atoms with Gasteiger partial charge in [0.2, 0.25) is 0 Å². The molecule has 0 fully saturated rings. The van der Waals surface area contributed by atoms with Crippen molar-refractivity contribution in [1.82, 2.24) is 19.2 Å². The van der Waals surface area contributed by atoms with Crippen LogP contribution >= 0.6 is 11.6 Å². The van der Waals surface area contributed by atoms with Crippen molar-refractivity contribution in [3.05, 3.63) is 50.9 Å². The van der Waals surface area contributed by atoms with E-state index in [4.69, 9.17) is 11.6 Å². The van der Waals surface area contributed by atoms with E-state index in [-0.39, 0.29) is 16.5 Å².